The minimum atomic E-state index is -3.75. The number of rotatable bonds is 3. The number of sulfonamides is 1. The molecule has 164 valence electrons. The molecular formula is C22H24N2O6S. The summed E-state index contributed by atoms with van der Waals surface area (Å²) in [7, 11) is -3.75. The van der Waals surface area contributed by atoms with Crippen LogP contribution < -0.4 is 13.8 Å². The number of hydrogen-bond donors (Lipinski definition) is 0. The summed E-state index contributed by atoms with van der Waals surface area (Å²) >= 11 is 0. The van der Waals surface area contributed by atoms with Gasteiger partial charge in [0.2, 0.25) is 6.10 Å². The predicted molar refractivity (Wildman–Crippen MR) is 113 cm³/mol. The molecule has 1 unspecified atom stereocenters. The average molecular weight is 445 g/mol. The molecule has 0 aromatic heterocycles. The third kappa shape index (κ3) is 3.72. The van der Waals surface area contributed by atoms with Crippen molar-refractivity contribution in [1.82, 2.24) is 4.90 Å². The normalized spacial score (nSPS) is 20.8. The average Bonchev–Trinajstić information content (AvgIpc) is 2.83. The van der Waals surface area contributed by atoms with E-state index in [2.05, 4.69) is 0 Å². The number of carbonyl (C=O) groups is 1. The van der Waals surface area contributed by atoms with E-state index in [-0.39, 0.29) is 17.4 Å². The first-order valence-corrected chi connectivity index (χ1v) is 11.9. The number of carbonyl (C=O) groups excluding carboxylic acids is 1. The van der Waals surface area contributed by atoms with E-state index in [0.29, 0.717) is 44.3 Å². The van der Waals surface area contributed by atoms with Crippen molar-refractivity contribution in [2.24, 2.45) is 0 Å². The SMILES string of the molecule is O=C(C1COc2cc(S(=O)(=O)N3CCCc4ccccc43)ccc2O1)N1CCOCC1. The molecule has 1 fully saturated rings. The lowest BCUT2D eigenvalue weighted by Crippen LogP contribution is -2.50. The van der Waals surface area contributed by atoms with Gasteiger partial charge in [-0.15, -0.1) is 0 Å². The molecule has 3 aliphatic heterocycles. The predicted octanol–water partition coefficient (Wildman–Crippen LogP) is 1.83. The Kier molecular flexibility index (Phi) is 5.23. The second-order valence-corrected chi connectivity index (χ2v) is 9.64. The van der Waals surface area contributed by atoms with E-state index in [9.17, 15) is 13.2 Å². The van der Waals surface area contributed by atoms with Crippen LogP contribution >= 0.6 is 0 Å². The van der Waals surface area contributed by atoms with E-state index in [1.165, 1.54) is 16.4 Å². The third-order valence-corrected chi connectivity index (χ3v) is 7.64. The van der Waals surface area contributed by atoms with Gasteiger partial charge in [0.05, 0.1) is 23.8 Å². The number of fused-ring (bicyclic) bond motifs is 2. The van der Waals surface area contributed by atoms with Crippen LogP contribution in [0.4, 0.5) is 5.69 Å². The minimum Gasteiger partial charge on any atom is -0.485 e. The number of nitrogens with zero attached hydrogens (tertiary/aromatic N) is 2. The van der Waals surface area contributed by atoms with Gasteiger partial charge in [-0.1, -0.05) is 18.2 Å². The Balaban J connectivity index is 1.37. The van der Waals surface area contributed by atoms with Gasteiger partial charge in [0, 0.05) is 25.7 Å². The van der Waals surface area contributed by atoms with E-state index >= 15 is 0 Å². The zero-order valence-corrected chi connectivity index (χ0v) is 17.8. The van der Waals surface area contributed by atoms with Gasteiger partial charge in [0.1, 0.15) is 6.61 Å². The highest BCUT2D eigenvalue weighted by Crippen LogP contribution is 2.37. The Labute approximate surface area is 181 Å². The maximum absolute atomic E-state index is 13.4. The van der Waals surface area contributed by atoms with Gasteiger partial charge in [-0.25, -0.2) is 8.42 Å². The van der Waals surface area contributed by atoms with Gasteiger partial charge >= 0.3 is 0 Å². The van der Waals surface area contributed by atoms with Crippen molar-refractivity contribution in [3.63, 3.8) is 0 Å². The second-order valence-electron chi connectivity index (χ2n) is 7.77. The van der Waals surface area contributed by atoms with Gasteiger partial charge in [0.25, 0.3) is 15.9 Å². The molecule has 3 heterocycles. The fraction of sp³-hybridized carbons (Fsp3) is 0.409. The smallest absolute Gasteiger partial charge is 0.267 e. The first-order valence-electron chi connectivity index (χ1n) is 10.4. The number of hydrogen-bond acceptors (Lipinski definition) is 6. The van der Waals surface area contributed by atoms with Gasteiger partial charge < -0.3 is 19.1 Å². The molecule has 2 aromatic carbocycles. The van der Waals surface area contributed by atoms with Crippen molar-refractivity contribution in [1.29, 1.82) is 0 Å². The molecule has 31 heavy (non-hydrogen) atoms. The lowest BCUT2D eigenvalue weighted by Gasteiger charge is -2.33. The van der Waals surface area contributed by atoms with Crippen LogP contribution in [0.5, 0.6) is 11.5 Å². The Morgan fingerprint density at radius 3 is 2.65 bits per heavy atom. The molecule has 3 aliphatic rings. The molecule has 5 rings (SSSR count). The van der Waals surface area contributed by atoms with Crippen molar-refractivity contribution in [3.8, 4) is 11.5 Å². The van der Waals surface area contributed by atoms with Crippen LogP contribution in [-0.4, -0.2) is 64.8 Å². The van der Waals surface area contributed by atoms with E-state index in [0.717, 1.165) is 24.1 Å². The van der Waals surface area contributed by atoms with Crippen molar-refractivity contribution < 1.29 is 27.4 Å². The lowest BCUT2D eigenvalue weighted by atomic mass is 10.0. The molecule has 0 aliphatic carbocycles. The van der Waals surface area contributed by atoms with Crippen LogP contribution in [0, 0.1) is 0 Å². The van der Waals surface area contributed by atoms with Gasteiger partial charge in [-0.2, -0.15) is 0 Å². The van der Waals surface area contributed by atoms with Crippen LogP contribution in [-0.2, 0) is 26.0 Å². The summed E-state index contributed by atoms with van der Waals surface area (Å²) in [6.45, 7) is 2.55. The fourth-order valence-corrected chi connectivity index (χ4v) is 5.75. The van der Waals surface area contributed by atoms with E-state index in [1.807, 2.05) is 24.3 Å². The van der Waals surface area contributed by atoms with Gasteiger partial charge in [-0.05, 0) is 36.6 Å². The van der Waals surface area contributed by atoms with E-state index in [1.54, 1.807) is 11.0 Å². The second kappa shape index (κ2) is 8.05. The molecule has 1 saturated heterocycles. The van der Waals surface area contributed by atoms with Crippen molar-refractivity contribution in [2.45, 2.75) is 23.8 Å². The van der Waals surface area contributed by atoms with E-state index in [4.69, 9.17) is 14.2 Å². The van der Waals surface area contributed by atoms with E-state index < -0.39 is 16.1 Å². The van der Waals surface area contributed by atoms with Crippen LogP contribution in [0.3, 0.4) is 0 Å². The van der Waals surface area contributed by atoms with Crippen molar-refractivity contribution in [3.05, 3.63) is 48.0 Å². The Morgan fingerprint density at radius 1 is 1.00 bits per heavy atom. The molecule has 1 atom stereocenters. The quantitative estimate of drug-likeness (QED) is 0.718. The number of morpholine rings is 1. The van der Waals surface area contributed by atoms with Crippen LogP contribution in [0.15, 0.2) is 47.4 Å². The maximum atomic E-state index is 13.4. The Morgan fingerprint density at radius 2 is 1.81 bits per heavy atom. The van der Waals surface area contributed by atoms with Gasteiger partial charge in [0.15, 0.2) is 11.5 Å². The summed E-state index contributed by atoms with van der Waals surface area (Å²) in [6, 6.07) is 12.1. The molecule has 0 radical (unpaired) electrons. The highest BCUT2D eigenvalue weighted by atomic mass is 32.2. The highest BCUT2D eigenvalue weighted by Gasteiger charge is 2.34. The Hall–Kier alpha value is -2.78. The van der Waals surface area contributed by atoms with Crippen LogP contribution in [0.25, 0.3) is 0 Å². The summed E-state index contributed by atoms with van der Waals surface area (Å²) in [6.07, 6.45) is 0.885. The standard InChI is InChI=1S/C22H24N2O6S/c25-22(23-10-12-28-13-11-23)21-15-29-20-14-17(7-8-19(20)30-21)31(26,27)24-9-3-5-16-4-1-2-6-18(16)24/h1-2,4,6-8,14,21H,3,5,9-13,15H2. The fourth-order valence-electron chi connectivity index (χ4n) is 4.20. The molecule has 8 nitrogen and oxygen atoms in total. The largest absolute Gasteiger partial charge is 0.485 e. The number of amides is 1. The van der Waals surface area contributed by atoms with Crippen molar-refractivity contribution >= 4 is 21.6 Å². The number of para-hydroxylation sites is 1. The van der Waals surface area contributed by atoms with Crippen LogP contribution in [0.1, 0.15) is 12.0 Å². The number of ether oxygens (including phenoxy) is 3. The van der Waals surface area contributed by atoms with Crippen molar-refractivity contribution in [2.75, 3.05) is 43.8 Å². The monoisotopic (exact) mass is 444 g/mol. The summed E-state index contributed by atoms with van der Waals surface area (Å²) in [5, 5.41) is 0. The number of anilines is 1. The van der Waals surface area contributed by atoms with Crippen LogP contribution in [0.2, 0.25) is 0 Å². The first-order chi connectivity index (χ1) is 15.0. The number of benzene rings is 2. The summed E-state index contributed by atoms with van der Waals surface area (Å²) in [4.78, 5) is 14.5. The molecule has 9 heteroatoms. The number of aryl methyl sites for hydroxylation is 1. The summed E-state index contributed by atoms with van der Waals surface area (Å²) < 4.78 is 45.1. The van der Waals surface area contributed by atoms with Gasteiger partial charge in [-0.3, -0.25) is 9.10 Å². The minimum absolute atomic E-state index is 0.0409. The highest BCUT2D eigenvalue weighted by molar-refractivity contribution is 7.92. The summed E-state index contributed by atoms with van der Waals surface area (Å²) in [5.41, 5.74) is 1.75. The summed E-state index contributed by atoms with van der Waals surface area (Å²) in [5.74, 6) is 0.559. The maximum Gasteiger partial charge on any atom is 0.267 e. The molecule has 0 bridgehead atoms. The molecule has 0 N–H and O–H groups in total. The zero-order chi connectivity index (χ0) is 21.4. The topological polar surface area (TPSA) is 85.4 Å². The molecule has 0 spiro atoms. The molecule has 0 saturated carbocycles. The first kappa shape index (κ1) is 20.1. The molecular weight excluding hydrogens is 420 g/mol. The molecule has 2 aromatic rings. The third-order valence-electron chi connectivity index (χ3n) is 5.83. The zero-order valence-electron chi connectivity index (χ0n) is 17.0. The Bertz CT molecular complexity index is 1100. The lowest BCUT2D eigenvalue weighted by molar-refractivity contribution is -0.145. The molecule has 1 amide bonds.